The average molecular weight is 294 g/mol. The van der Waals surface area contributed by atoms with Gasteiger partial charge in [0.1, 0.15) is 5.82 Å². The van der Waals surface area contributed by atoms with Crippen LogP contribution in [-0.4, -0.2) is 23.2 Å². The minimum absolute atomic E-state index is 0.0511. The van der Waals surface area contributed by atoms with Gasteiger partial charge in [0, 0.05) is 12.1 Å². The predicted octanol–water partition coefficient (Wildman–Crippen LogP) is 2.47. The molecule has 1 fully saturated rings. The molecule has 21 heavy (non-hydrogen) atoms. The Morgan fingerprint density at radius 1 is 1.48 bits per heavy atom. The highest BCUT2D eigenvalue weighted by Crippen LogP contribution is 2.33. The Morgan fingerprint density at radius 3 is 2.71 bits per heavy atom. The van der Waals surface area contributed by atoms with Crippen molar-refractivity contribution in [2.24, 2.45) is 5.92 Å². The third-order valence-electron chi connectivity index (χ3n) is 4.45. The first-order chi connectivity index (χ1) is 9.93. The number of carbonyl (C=O) groups is 1. The van der Waals surface area contributed by atoms with E-state index in [9.17, 15) is 14.3 Å². The third kappa shape index (κ3) is 3.94. The molecule has 1 amide bonds. The molecule has 0 bridgehead atoms. The van der Waals surface area contributed by atoms with Crippen molar-refractivity contribution in [3.8, 4) is 0 Å². The van der Waals surface area contributed by atoms with E-state index in [2.05, 4.69) is 12.2 Å². The van der Waals surface area contributed by atoms with Crippen molar-refractivity contribution in [3.63, 3.8) is 0 Å². The number of hydrogen-bond donors (Lipinski definition) is 3. The van der Waals surface area contributed by atoms with Gasteiger partial charge in [-0.3, -0.25) is 4.79 Å². The van der Waals surface area contributed by atoms with Crippen LogP contribution < -0.4 is 11.1 Å². The third-order valence-corrected chi connectivity index (χ3v) is 4.45. The van der Waals surface area contributed by atoms with Crippen LogP contribution in [0.5, 0.6) is 0 Å². The summed E-state index contributed by atoms with van der Waals surface area (Å²) in [6.07, 6.45) is 4.53. The lowest BCUT2D eigenvalue weighted by atomic mass is 9.78. The molecule has 4 nitrogen and oxygen atoms in total. The van der Waals surface area contributed by atoms with E-state index in [0.717, 1.165) is 19.3 Å². The summed E-state index contributed by atoms with van der Waals surface area (Å²) in [5.74, 6) is -0.200. The zero-order chi connectivity index (χ0) is 15.5. The normalized spacial score (nSPS) is 25.6. The summed E-state index contributed by atoms with van der Waals surface area (Å²) < 4.78 is 13.1. The minimum Gasteiger partial charge on any atom is -0.396 e. The molecule has 2 rings (SSSR count). The average Bonchev–Trinajstić information content (AvgIpc) is 2.48. The molecule has 0 saturated heterocycles. The Kier molecular flexibility index (Phi) is 4.83. The lowest BCUT2D eigenvalue weighted by Crippen LogP contribution is -2.45. The van der Waals surface area contributed by atoms with Crippen molar-refractivity contribution in [2.45, 2.75) is 44.6 Å². The monoisotopic (exact) mass is 294 g/mol. The number of nitrogens with two attached hydrogens (primary N) is 1. The lowest BCUT2D eigenvalue weighted by Gasteiger charge is -2.35. The number of aliphatic hydroxyl groups is 1. The summed E-state index contributed by atoms with van der Waals surface area (Å²) in [7, 11) is 0. The topological polar surface area (TPSA) is 75.3 Å². The summed E-state index contributed by atoms with van der Waals surface area (Å²) in [4.78, 5) is 12.0. The van der Waals surface area contributed by atoms with Gasteiger partial charge in [0.15, 0.2) is 0 Å². The van der Waals surface area contributed by atoms with E-state index in [1.54, 1.807) is 0 Å². The smallest absolute Gasteiger partial charge is 0.251 e. The highest BCUT2D eigenvalue weighted by atomic mass is 19.1. The molecule has 0 unspecified atom stereocenters. The first kappa shape index (κ1) is 15.8. The number of anilines is 1. The Hall–Kier alpha value is -1.62. The fourth-order valence-corrected chi connectivity index (χ4v) is 2.83. The molecule has 1 aromatic rings. The van der Waals surface area contributed by atoms with Crippen LogP contribution in [0.15, 0.2) is 18.2 Å². The van der Waals surface area contributed by atoms with Gasteiger partial charge in [-0.2, -0.15) is 0 Å². The van der Waals surface area contributed by atoms with Gasteiger partial charge >= 0.3 is 0 Å². The highest BCUT2D eigenvalue weighted by molar-refractivity contribution is 5.95. The van der Waals surface area contributed by atoms with E-state index < -0.39 is 11.4 Å². The SMILES string of the molecule is CCC1CCC(O)(CNC(=O)c2ccc(F)c(N)c2)CC1. The molecule has 1 saturated carbocycles. The van der Waals surface area contributed by atoms with Crippen LogP contribution in [0.4, 0.5) is 10.1 Å². The summed E-state index contributed by atoms with van der Waals surface area (Å²) in [6, 6.07) is 3.87. The first-order valence-corrected chi connectivity index (χ1v) is 7.49. The Morgan fingerprint density at radius 2 is 2.14 bits per heavy atom. The second-order valence-corrected chi connectivity index (χ2v) is 5.99. The standard InChI is InChI=1S/C16H23FN2O2/c1-2-11-5-7-16(21,8-6-11)10-19-15(20)12-3-4-13(17)14(18)9-12/h3-4,9,11,21H,2,5-8,10,18H2,1H3,(H,19,20). The first-order valence-electron chi connectivity index (χ1n) is 7.49. The summed E-state index contributed by atoms with van der Waals surface area (Å²) in [5.41, 5.74) is 4.88. The molecule has 0 heterocycles. The van der Waals surface area contributed by atoms with Crippen LogP contribution in [0.3, 0.4) is 0 Å². The van der Waals surface area contributed by atoms with Gasteiger partial charge in [0.25, 0.3) is 5.91 Å². The molecule has 0 aliphatic heterocycles. The van der Waals surface area contributed by atoms with Crippen molar-refractivity contribution >= 4 is 11.6 Å². The molecule has 1 aliphatic carbocycles. The number of carbonyl (C=O) groups excluding carboxylic acids is 1. The van der Waals surface area contributed by atoms with Crippen LogP contribution in [0.1, 0.15) is 49.4 Å². The number of rotatable bonds is 4. The van der Waals surface area contributed by atoms with Crippen LogP contribution in [0, 0.1) is 11.7 Å². The van der Waals surface area contributed by atoms with E-state index in [4.69, 9.17) is 5.73 Å². The quantitative estimate of drug-likeness (QED) is 0.747. The summed E-state index contributed by atoms with van der Waals surface area (Å²) in [5, 5.41) is 13.2. The van der Waals surface area contributed by atoms with Crippen molar-refractivity contribution in [1.82, 2.24) is 5.32 Å². The van der Waals surface area contributed by atoms with Crippen LogP contribution in [0.2, 0.25) is 0 Å². The molecule has 0 atom stereocenters. The molecule has 116 valence electrons. The van der Waals surface area contributed by atoms with Gasteiger partial charge in [-0.1, -0.05) is 13.3 Å². The van der Waals surface area contributed by atoms with Crippen LogP contribution >= 0.6 is 0 Å². The number of halogens is 1. The number of nitrogens with one attached hydrogen (secondary N) is 1. The fourth-order valence-electron chi connectivity index (χ4n) is 2.83. The number of benzene rings is 1. The Labute approximate surface area is 124 Å². The maximum atomic E-state index is 13.1. The molecule has 5 heteroatoms. The van der Waals surface area contributed by atoms with Gasteiger partial charge in [-0.05, 0) is 49.8 Å². The molecule has 0 spiro atoms. The fraction of sp³-hybridized carbons (Fsp3) is 0.562. The molecule has 0 radical (unpaired) electrons. The number of nitrogen functional groups attached to an aromatic ring is 1. The number of hydrogen-bond acceptors (Lipinski definition) is 3. The summed E-state index contributed by atoms with van der Waals surface area (Å²) >= 11 is 0. The van der Waals surface area contributed by atoms with Gasteiger partial charge in [-0.15, -0.1) is 0 Å². The molecular formula is C16H23FN2O2. The zero-order valence-corrected chi connectivity index (χ0v) is 12.4. The van der Waals surface area contributed by atoms with E-state index >= 15 is 0 Å². The second kappa shape index (κ2) is 6.43. The predicted molar refractivity (Wildman–Crippen MR) is 80.3 cm³/mol. The largest absolute Gasteiger partial charge is 0.396 e. The number of amides is 1. The molecule has 1 aliphatic rings. The highest BCUT2D eigenvalue weighted by Gasteiger charge is 2.32. The molecule has 4 N–H and O–H groups in total. The summed E-state index contributed by atoms with van der Waals surface area (Å²) in [6.45, 7) is 2.38. The van der Waals surface area contributed by atoms with Crippen molar-refractivity contribution in [2.75, 3.05) is 12.3 Å². The molecular weight excluding hydrogens is 271 g/mol. The van der Waals surface area contributed by atoms with Gasteiger partial charge < -0.3 is 16.2 Å². The van der Waals surface area contributed by atoms with Crippen LogP contribution in [0.25, 0.3) is 0 Å². The Balaban J connectivity index is 1.90. The van der Waals surface area contributed by atoms with E-state index in [-0.39, 0.29) is 18.1 Å². The van der Waals surface area contributed by atoms with Crippen molar-refractivity contribution in [3.05, 3.63) is 29.6 Å². The minimum atomic E-state index is -0.826. The zero-order valence-electron chi connectivity index (χ0n) is 12.4. The van der Waals surface area contributed by atoms with Crippen LogP contribution in [-0.2, 0) is 0 Å². The van der Waals surface area contributed by atoms with Gasteiger partial charge in [0.05, 0.1) is 11.3 Å². The van der Waals surface area contributed by atoms with Crippen molar-refractivity contribution < 1.29 is 14.3 Å². The Bertz CT molecular complexity index is 511. The van der Waals surface area contributed by atoms with Gasteiger partial charge in [0.2, 0.25) is 0 Å². The molecule has 1 aromatic carbocycles. The second-order valence-electron chi connectivity index (χ2n) is 5.99. The van der Waals surface area contributed by atoms with Crippen molar-refractivity contribution in [1.29, 1.82) is 0 Å². The maximum Gasteiger partial charge on any atom is 0.251 e. The lowest BCUT2D eigenvalue weighted by molar-refractivity contribution is -0.00786. The maximum absolute atomic E-state index is 13.1. The van der Waals surface area contributed by atoms with E-state index in [1.807, 2.05) is 0 Å². The van der Waals surface area contributed by atoms with E-state index in [1.165, 1.54) is 18.2 Å². The van der Waals surface area contributed by atoms with Gasteiger partial charge in [-0.25, -0.2) is 4.39 Å². The molecule has 0 aromatic heterocycles. The van der Waals surface area contributed by atoms with E-state index in [0.29, 0.717) is 24.3 Å².